The van der Waals surface area contributed by atoms with E-state index < -0.39 is 12.1 Å². The number of carbonyl (C=O) groups is 1. The van der Waals surface area contributed by atoms with Crippen LogP contribution in [0.5, 0.6) is 0 Å². The molecule has 0 saturated heterocycles. The molecule has 4 aromatic rings. The Balaban J connectivity index is 1.53. The summed E-state index contributed by atoms with van der Waals surface area (Å²) in [6.07, 6.45) is -0.680. The van der Waals surface area contributed by atoms with E-state index in [2.05, 4.69) is 15.2 Å². The van der Waals surface area contributed by atoms with Crippen LogP contribution in [0.25, 0.3) is 22.7 Å². The second-order valence-corrected chi connectivity index (χ2v) is 7.84. The minimum Gasteiger partial charge on any atom is -0.448 e. The van der Waals surface area contributed by atoms with Crippen molar-refractivity contribution in [3.05, 3.63) is 75.9 Å². The van der Waals surface area contributed by atoms with E-state index >= 15 is 0 Å². The van der Waals surface area contributed by atoms with Crippen LogP contribution < -0.4 is 0 Å². The molecule has 0 aliphatic rings. The van der Waals surface area contributed by atoms with E-state index in [4.69, 9.17) is 9.15 Å². The van der Waals surface area contributed by atoms with Gasteiger partial charge in [-0.3, -0.25) is 0 Å². The van der Waals surface area contributed by atoms with Crippen molar-refractivity contribution < 1.29 is 13.9 Å². The zero-order chi connectivity index (χ0) is 20.4. The number of rotatable bonds is 5. The Hall–Kier alpha value is -3.32. The van der Waals surface area contributed by atoms with Gasteiger partial charge in [0.1, 0.15) is 4.88 Å². The molecule has 0 aliphatic heterocycles. The third kappa shape index (κ3) is 4.09. The molecule has 7 heteroatoms. The standard InChI is InChI=1S/C22H19N3O3S/c1-13-9-11-17(12-10-13)21-25-24-20(28-21)14(2)27-22(26)19-18(23-15(3)29-19)16-7-5-4-6-8-16/h4-12,14H,1-3H3/t14-/m0/s1. The van der Waals surface area contributed by atoms with Gasteiger partial charge in [-0.1, -0.05) is 48.0 Å². The van der Waals surface area contributed by atoms with Crippen molar-refractivity contribution in [3.63, 3.8) is 0 Å². The number of carbonyl (C=O) groups excluding carboxylic acids is 1. The predicted octanol–water partition coefficient (Wildman–Crippen LogP) is 5.39. The Kier molecular flexibility index (Phi) is 5.22. The minimum atomic E-state index is -0.680. The fourth-order valence-corrected chi connectivity index (χ4v) is 3.66. The highest BCUT2D eigenvalue weighted by Crippen LogP contribution is 2.30. The molecule has 0 spiro atoms. The molecule has 2 heterocycles. The maximum absolute atomic E-state index is 12.8. The second kappa shape index (κ2) is 7.97. The zero-order valence-corrected chi connectivity index (χ0v) is 17.1. The monoisotopic (exact) mass is 405 g/mol. The number of aryl methyl sites for hydroxylation is 2. The molecule has 29 heavy (non-hydrogen) atoms. The predicted molar refractivity (Wildman–Crippen MR) is 111 cm³/mol. The number of nitrogens with zero attached hydrogens (tertiary/aromatic N) is 3. The highest BCUT2D eigenvalue weighted by atomic mass is 32.1. The molecule has 0 saturated carbocycles. The molecule has 0 fully saturated rings. The number of hydrogen-bond donors (Lipinski definition) is 0. The summed E-state index contributed by atoms with van der Waals surface area (Å²) in [5.74, 6) is 0.176. The molecule has 2 aromatic heterocycles. The van der Waals surface area contributed by atoms with E-state index in [0.717, 1.165) is 21.7 Å². The maximum atomic E-state index is 12.8. The molecule has 6 nitrogen and oxygen atoms in total. The Morgan fingerprint density at radius 3 is 2.45 bits per heavy atom. The van der Waals surface area contributed by atoms with E-state index in [-0.39, 0.29) is 5.89 Å². The summed E-state index contributed by atoms with van der Waals surface area (Å²) in [4.78, 5) is 17.8. The van der Waals surface area contributed by atoms with Crippen LogP contribution in [0, 0.1) is 13.8 Å². The van der Waals surface area contributed by atoms with E-state index in [1.54, 1.807) is 6.92 Å². The van der Waals surface area contributed by atoms with Crippen molar-refractivity contribution in [2.75, 3.05) is 0 Å². The first-order valence-electron chi connectivity index (χ1n) is 9.15. The number of aromatic nitrogens is 3. The van der Waals surface area contributed by atoms with Crippen molar-refractivity contribution in [1.29, 1.82) is 0 Å². The summed E-state index contributed by atoms with van der Waals surface area (Å²) in [6, 6.07) is 17.3. The average molecular weight is 405 g/mol. The summed E-state index contributed by atoms with van der Waals surface area (Å²) in [5, 5.41) is 8.90. The lowest BCUT2D eigenvalue weighted by atomic mass is 10.1. The lowest BCUT2D eigenvalue weighted by molar-refractivity contribution is 0.0286. The van der Waals surface area contributed by atoms with Gasteiger partial charge in [0.05, 0.1) is 10.7 Å². The van der Waals surface area contributed by atoms with Crippen LogP contribution in [0.1, 0.15) is 39.2 Å². The van der Waals surface area contributed by atoms with Crippen LogP contribution in [0.2, 0.25) is 0 Å². The first-order chi connectivity index (χ1) is 14.0. The summed E-state index contributed by atoms with van der Waals surface area (Å²) in [5.41, 5.74) is 3.45. The van der Waals surface area contributed by atoms with E-state index in [0.29, 0.717) is 16.5 Å². The highest BCUT2D eigenvalue weighted by molar-refractivity contribution is 7.14. The lowest BCUT2D eigenvalue weighted by Gasteiger charge is -2.09. The van der Waals surface area contributed by atoms with Crippen molar-refractivity contribution in [3.8, 4) is 22.7 Å². The van der Waals surface area contributed by atoms with Crippen LogP contribution in [0.15, 0.2) is 59.0 Å². The van der Waals surface area contributed by atoms with Crippen LogP contribution in [0.3, 0.4) is 0 Å². The van der Waals surface area contributed by atoms with Gasteiger partial charge in [0, 0.05) is 11.1 Å². The van der Waals surface area contributed by atoms with Gasteiger partial charge < -0.3 is 9.15 Å². The zero-order valence-electron chi connectivity index (χ0n) is 16.2. The van der Waals surface area contributed by atoms with Gasteiger partial charge in [-0.25, -0.2) is 9.78 Å². The summed E-state index contributed by atoms with van der Waals surface area (Å²) < 4.78 is 11.3. The fourth-order valence-electron chi connectivity index (χ4n) is 2.83. The maximum Gasteiger partial charge on any atom is 0.351 e. The van der Waals surface area contributed by atoms with Crippen molar-refractivity contribution >= 4 is 17.3 Å². The van der Waals surface area contributed by atoms with Gasteiger partial charge in [-0.05, 0) is 32.9 Å². The molecular weight excluding hydrogens is 386 g/mol. The van der Waals surface area contributed by atoms with Gasteiger partial charge in [-0.2, -0.15) is 0 Å². The Bertz CT molecular complexity index is 1130. The molecule has 146 valence electrons. The quantitative estimate of drug-likeness (QED) is 0.414. The minimum absolute atomic E-state index is 0.247. The molecule has 0 aliphatic carbocycles. The van der Waals surface area contributed by atoms with Gasteiger partial charge in [0.25, 0.3) is 5.89 Å². The molecule has 0 amide bonds. The Labute approximate surface area is 172 Å². The fraction of sp³-hybridized carbons (Fsp3) is 0.182. The van der Waals surface area contributed by atoms with Gasteiger partial charge >= 0.3 is 5.97 Å². The third-order valence-electron chi connectivity index (χ3n) is 4.34. The Morgan fingerprint density at radius 1 is 1.00 bits per heavy atom. The van der Waals surface area contributed by atoms with Crippen LogP contribution in [0.4, 0.5) is 0 Å². The van der Waals surface area contributed by atoms with Gasteiger partial charge in [-0.15, -0.1) is 21.5 Å². The molecule has 4 rings (SSSR count). The van der Waals surface area contributed by atoms with Gasteiger partial charge in [0.15, 0.2) is 6.10 Å². The van der Waals surface area contributed by atoms with Crippen molar-refractivity contribution in [2.45, 2.75) is 26.9 Å². The van der Waals surface area contributed by atoms with E-state index in [1.807, 2.05) is 68.4 Å². The normalized spacial score (nSPS) is 12.0. The molecule has 0 bridgehead atoms. The summed E-state index contributed by atoms with van der Waals surface area (Å²) in [6.45, 7) is 5.58. The number of esters is 1. The number of ether oxygens (including phenoxy) is 1. The number of hydrogen-bond acceptors (Lipinski definition) is 7. The highest BCUT2D eigenvalue weighted by Gasteiger charge is 2.24. The second-order valence-electron chi connectivity index (χ2n) is 6.64. The van der Waals surface area contributed by atoms with Gasteiger partial charge in [0.2, 0.25) is 5.89 Å². The number of thiazole rings is 1. The molecule has 0 radical (unpaired) electrons. The van der Waals surface area contributed by atoms with Crippen LogP contribution >= 0.6 is 11.3 Å². The molecular formula is C22H19N3O3S. The summed E-state index contributed by atoms with van der Waals surface area (Å²) >= 11 is 1.31. The SMILES string of the molecule is Cc1ccc(-c2nnc([C@H](C)OC(=O)c3sc(C)nc3-c3ccccc3)o2)cc1. The lowest BCUT2D eigenvalue weighted by Crippen LogP contribution is -2.09. The van der Waals surface area contributed by atoms with E-state index in [1.165, 1.54) is 11.3 Å². The summed E-state index contributed by atoms with van der Waals surface area (Å²) in [7, 11) is 0. The Morgan fingerprint density at radius 2 is 1.72 bits per heavy atom. The largest absolute Gasteiger partial charge is 0.448 e. The van der Waals surface area contributed by atoms with Crippen molar-refractivity contribution in [2.24, 2.45) is 0 Å². The first kappa shape index (κ1) is 19.0. The molecule has 2 aromatic carbocycles. The first-order valence-corrected chi connectivity index (χ1v) is 9.97. The topological polar surface area (TPSA) is 78.1 Å². The van der Waals surface area contributed by atoms with Crippen molar-refractivity contribution in [1.82, 2.24) is 15.2 Å². The smallest absolute Gasteiger partial charge is 0.351 e. The molecule has 0 N–H and O–H groups in total. The molecule has 1 atom stereocenters. The molecule has 0 unspecified atom stereocenters. The third-order valence-corrected chi connectivity index (χ3v) is 5.29. The van der Waals surface area contributed by atoms with E-state index in [9.17, 15) is 4.79 Å². The van der Waals surface area contributed by atoms with Crippen LogP contribution in [-0.4, -0.2) is 21.2 Å². The number of benzene rings is 2. The average Bonchev–Trinajstić information content (AvgIpc) is 3.36. The van der Waals surface area contributed by atoms with Crippen LogP contribution in [-0.2, 0) is 4.74 Å².